The van der Waals surface area contributed by atoms with Gasteiger partial charge in [0, 0.05) is 26.1 Å². The average molecular weight is 314 g/mol. The number of Topliss-reactive ketones (excluding diaryl/α,β-unsaturated/α-hetero) is 2. The lowest BCUT2D eigenvalue weighted by Crippen LogP contribution is -2.33. The first-order chi connectivity index (χ1) is 11.2. The molecule has 1 saturated heterocycles. The van der Waals surface area contributed by atoms with E-state index in [1.54, 1.807) is 0 Å². The lowest BCUT2D eigenvalue weighted by atomic mass is 9.72. The molecule has 2 fully saturated rings. The van der Waals surface area contributed by atoms with E-state index in [1.807, 2.05) is 24.3 Å². The molecule has 0 radical (unpaired) electrons. The van der Waals surface area contributed by atoms with Gasteiger partial charge in [-0.25, -0.2) is 0 Å². The maximum absolute atomic E-state index is 12.7. The molecule has 23 heavy (non-hydrogen) atoms. The molecule has 0 bridgehead atoms. The second-order valence-corrected chi connectivity index (χ2v) is 6.98. The number of ether oxygens (including phenoxy) is 1. The molecule has 124 valence electrons. The third kappa shape index (κ3) is 3.72. The van der Waals surface area contributed by atoms with Crippen LogP contribution in [0.1, 0.15) is 56.1 Å². The quantitative estimate of drug-likeness (QED) is 0.796. The van der Waals surface area contributed by atoms with Crippen LogP contribution >= 0.6 is 0 Å². The molecule has 1 aromatic carbocycles. The van der Waals surface area contributed by atoms with Crippen molar-refractivity contribution in [3.63, 3.8) is 0 Å². The molecule has 1 aliphatic heterocycles. The first-order valence-electron chi connectivity index (χ1n) is 8.90. The summed E-state index contributed by atoms with van der Waals surface area (Å²) in [6, 6.07) is 7.90. The molecule has 3 nitrogen and oxygen atoms in total. The first-order valence-corrected chi connectivity index (χ1v) is 8.90. The minimum Gasteiger partial charge on any atom is -0.381 e. The van der Waals surface area contributed by atoms with E-state index in [4.69, 9.17) is 4.74 Å². The van der Waals surface area contributed by atoms with Gasteiger partial charge in [-0.2, -0.15) is 0 Å². The van der Waals surface area contributed by atoms with Gasteiger partial charge in [-0.05, 0) is 48.6 Å². The predicted molar refractivity (Wildman–Crippen MR) is 89.5 cm³/mol. The van der Waals surface area contributed by atoms with Gasteiger partial charge in [0.15, 0.2) is 0 Å². The summed E-state index contributed by atoms with van der Waals surface area (Å²) in [5.74, 6) is 0.590. The van der Waals surface area contributed by atoms with E-state index in [0.29, 0.717) is 18.8 Å². The van der Waals surface area contributed by atoms with Crippen LogP contribution in [0.5, 0.6) is 0 Å². The van der Waals surface area contributed by atoms with Crippen LogP contribution in [0.4, 0.5) is 0 Å². The third-order valence-electron chi connectivity index (χ3n) is 5.38. The summed E-state index contributed by atoms with van der Waals surface area (Å²) in [6.07, 6.45) is 5.13. The first kappa shape index (κ1) is 16.4. The van der Waals surface area contributed by atoms with Crippen molar-refractivity contribution in [3.8, 4) is 0 Å². The summed E-state index contributed by atoms with van der Waals surface area (Å²) in [5.41, 5.74) is 2.07. The third-order valence-corrected chi connectivity index (χ3v) is 5.38. The van der Waals surface area contributed by atoms with Crippen molar-refractivity contribution < 1.29 is 14.3 Å². The van der Waals surface area contributed by atoms with E-state index >= 15 is 0 Å². The Labute approximate surface area is 138 Å². The molecular formula is C20H26O3. The Kier molecular flexibility index (Phi) is 5.27. The largest absolute Gasteiger partial charge is 0.381 e. The van der Waals surface area contributed by atoms with Crippen LogP contribution in [0.3, 0.4) is 0 Å². The number of hydrogen-bond acceptors (Lipinski definition) is 3. The number of benzene rings is 1. The Balaban J connectivity index is 1.70. The van der Waals surface area contributed by atoms with E-state index in [2.05, 4.69) is 6.92 Å². The molecule has 0 amide bonds. The van der Waals surface area contributed by atoms with Gasteiger partial charge in [0.05, 0.1) is 0 Å². The van der Waals surface area contributed by atoms with Crippen molar-refractivity contribution in [1.82, 2.24) is 0 Å². The Bertz CT molecular complexity index is 554. The molecule has 0 N–H and O–H groups in total. The summed E-state index contributed by atoms with van der Waals surface area (Å²) in [5, 5.41) is 0. The monoisotopic (exact) mass is 314 g/mol. The van der Waals surface area contributed by atoms with E-state index in [1.165, 1.54) is 0 Å². The summed E-state index contributed by atoms with van der Waals surface area (Å²) >= 11 is 0. The van der Waals surface area contributed by atoms with Gasteiger partial charge < -0.3 is 4.74 Å². The molecule has 3 rings (SSSR count). The number of aryl methyl sites for hydroxylation is 1. The van der Waals surface area contributed by atoms with Gasteiger partial charge in [-0.15, -0.1) is 0 Å². The molecule has 3 heteroatoms. The maximum Gasteiger partial charge on any atom is 0.148 e. The van der Waals surface area contributed by atoms with Crippen LogP contribution < -0.4 is 0 Å². The Morgan fingerprint density at radius 2 is 1.65 bits per heavy atom. The molecule has 0 unspecified atom stereocenters. The minimum atomic E-state index is -0.517. The molecule has 0 atom stereocenters. The van der Waals surface area contributed by atoms with Crippen LogP contribution in [0.25, 0.3) is 0 Å². The van der Waals surface area contributed by atoms with Crippen molar-refractivity contribution >= 4 is 11.6 Å². The fourth-order valence-electron chi connectivity index (χ4n) is 4.16. The topological polar surface area (TPSA) is 43.4 Å². The summed E-state index contributed by atoms with van der Waals surface area (Å²) in [7, 11) is 0. The highest BCUT2D eigenvalue weighted by atomic mass is 16.5. The van der Waals surface area contributed by atoms with Crippen molar-refractivity contribution in [2.45, 2.75) is 51.4 Å². The normalized spacial score (nSPS) is 26.5. The van der Waals surface area contributed by atoms with Gasteiger partial charge in [-0.3, -0.25) is 9.59 Å². The minimum absolute atomic E-state index is 0.124. The molecule has 1 aromatic rings. The number of ketones is 2. The molecule has 1 saturated carbocycles. The van der Waals surface area contributed by atoms with Gasteiger partial charge >= 0.3 is 0 Å². The molecule has 0 spiro atoms. The molecular weight excluding hydrogens is 288 g/mol. The van der Waals surface area contributed by atoms with Crippen molar-refractivity contribution in [3.05, 3.63) is 35.4 Å². The van der Waals surface area contributed by atoms with E-state index in [-0.39, 0.29) is 17.5 Å². The standard InChI is InChI=1S/C20H26O3/c1-2-16-5-3-4-6-17(16)20-18(21)12-15(13-19(20)22)11-14-7-9-23-10-8-14/h3-6,14-15,20H,2,7-13H2,1H3. The average Bonchev–Trinajstić information content (AvgIpc) is 2.55. The highest BCUT2D eigenvalue weighted by molar-refractivity contribution is 6.09. The second kappa shape index (κ2) is 7.39. The smallest absolute Gasteiger partial charge is 0.148 e. The zero-order chi connectivity index (χ0) is 16.2. The lowest BCUT2D eigenvalue weighted by Gasteiger charge is -2.31. The summed E-state index contributed by atoms with van der Waals surface area (Å²) < 4.78 is 5.40. The Morgan fingerprint density at radius 3 is 2.30 bits per heavy atom. The SMILES string of the molecule is CCc1ccccc1C1C(=O)CC(CC2CCOCC2)CC1=O. The van der Waals surface area contributed by atoms with Crippen molar-refractivity contribution in [2.24, 2.45) is 11.8 Å². The number of carbonyl (C=O) groups is 2. The summed E-state index contributed by atoms with van der Waals surface area (Å²) in [6.45, 7) is 3.72. The lowest BCUT2D eigenvalue weighted by molar-refractivity contribution is -0.134. The summed E-state index contributed by atoms with van der Waals surface area (Å²) in [4.78, 5) is 25.4. The van der Waals surface area contributed by atoms with Gasteiger partial charge in [0.2, 0.25) is 0 Å². The van der Waals surface area contributed by atoms with Gasteiger partial charge in [0.25, 0.3) is 0 Å². The molecule has 1 aliphatic carbocycles. The predicted octanol–water partition coefficient (Wildman–Crippen LogP) is 3.70. The number of hydrogen-bond donors (Lipinski definition) is 0. The molecule has 1 heterocycles. The van der Waals surface area contributed by atoms with Gasteiger partial charge in [-0.1, -0.05) is 31.2 Å². The van der Waals surface area contributed by atoms with Gasteiger partial charge in [0.1, 0.15) is 17.5 Å². The highest BCUT2D eigenvalue weighted by Gasteiger charge is 2.37. The number of rotatable bonds is 4. The van der Waals surface area contributed by atoms with E-state index in [0.717, 1.165) is 50.0 Å². The number of carbonyl (C=O) groups excluding carboxylic acids is 2. The Hall–Kier alpha value is -1.48. The zero-order valence-electron chi connectivity index (χ0n) is 13.9. The highest BCUT2D eigenvalue weighted by Crippen LogP contribution is 2.36. The van der Waals surface area contributed by atoms with Crippen molar-refractivity contribution in [1.29, 1.82) is 0 Å². The zero-order valence-corrected chi connectivity index (χ0v) is 13.9. The Morgan fingerprint density at radius 1 is 1.00 bits per heavy atom. The molecule has 0 aromatic heterocycles. The molecule has 2 aliphatic rings. The van der Waals surface area contributed by atoms with Crippen molar-refractivity contribution in [2.75, 3.05) is 13.2 Å². The van der Waals surface area contributed by atoms with E-state index in [9.17, 15) is 9.59 Å². The van der Waals surface area contributed by atoms with E-state index < -0.39 is 5.92 Å². The fraction of sp³-hybridized carbons (Fsp3) is 0.600. The van der Waals surface area contributed by atoms with Crippen LogP contribution in [-0.2, 0) is 20.7 Å². The fourth-order valence-corrected chi connectivity index (χ4v) is 4.16. The van der Waals surface area contributed by atoms with Crippen LogP contribution in [0.15, 0.2) is 24.3 Å². The van der Waals surface area contributed by atoms with Crippen LogP contribution in [-0.4, -0.2) is 24.8 Å². The van der Waals surface area contributed by atoms with Crippen LogP contribution in [0, 0.1) is 11.8 Å². The van der Waals surface area contributed by atoms with Crippen LogP contribution in [0.2, 0.25) is 0 Å². The second-order valence-electron chi connectivity index (χ2n) is 6.98. The maximum atomic E-state index is 12.7.